The van der Waals surface area contributed by atoms with Gasteiger partial charge in [-0.1, -0.05) is 0 Å². The summed E-state index contributed by atoms with van der Waals surface area (Å²) >= 11 is 0. The molecule has 0 bridgehead atoms. The number of hydrogen-bond donors (Lipinski definition) is 1. The maximum Gasteiger partial charge on any atom is 0.269 e. The molecule has 0 saturated carbocycles. The number of non-ortho nitro benzene ring substituents is 1. The first-order valence-electron chi connectivity index (χ1n) is 5.28. The summed E-state index contributed by atoms with van der Waals surface area (Å²) in [6.07, 6.45) is 0. The Bertz CT molecular complexity index is 578. The van der Waals surface area contributed by atoms with Gasteiger partial charge in [-0.05, 0) is 42.8 Å². The molecular formula is C13H11NO4. The minimum absolute atomic E-state index is 0.0178. The third-order valence-electron chi connectivity index (χ3n) is 2.45. The van der Waals surface area contributed by atoms with Crippen molar-refractivity contribution in [2.45, 2.75) is 6.92 Å². The van der Waals surface area contributed by atoms with Gasteiger partial charge < -0.3 is 9.84 Å². The number of benzene rings is 2. The van der Waals surface area contributed by atoms with Crippen LogP contribution in [0, 0.1) is 17.0 Å². The van der Waals surface area contributed by atoms with Crippen LogP contribution in [-0.4, -0.2) is 10.0 Å². The first-order chi connectivity index (χ1) is 8.56. The van der Waals surface area contributed by atoms with Crippen molar-refractivity contribution in [1.82, 2.24) is 0 Å². The highest BCUT2D eigenvalue weighted by Gasteiger charge is 2.05. The number of phenolic OH excluding ortho intramolecular Hbond substituents is 1. The summed E-state index contributed by atoms with van der Waals surface area (Å²) in [6, 6.07) is 10.7. The van der Waals surface area contributed by atoms with Crippen molar-refractivity contribution < 1.29 is 14.8 Å². The van der Waals surface area contributed by atoms with Gasteiger partial charge in [-0.15, -0.1) is 0 Å². The SMILES string of the molecule is Cc1cc(Oc2ccc([N+](=O)[O-])cc2)ccc1O. The Morgan fingerprint density at radius 2 is 1.72 bits per heavy atom. The maximum atomic E-state index is 10.5. The van der Waals surface area contributed by atoms with E-state index < -0.39 is 4.92 Å². The van der Waals surface area contributed by atoms with Gasteiger partial charge in [-0.2, -0.15) is 0 Å². The van der Waals surface area contributed by atoms with Crippen LogP contribution in [0.5, 0.6) is 17.2 Å². The van der Waals surface area contributed by atoms with Gasteiger partial charge in [-0.3, -0.25) is 10.1 Å². The summed E-state index contributed by atoms with van der Waals surface area (Å²) in [5.74, 6) is 1.27. The standard InChI is InChI=1S/C13H11NO4/c1-9-8-12(6-7-13(9)15)18-11-4-2-10(3-5-11)14(16)17/h2-8,15H,1H3. The minimum atomic E-state index is -0.464. The minimum Gasteiger partial charge on any atom is -0.508 e. The number of phenols is 1. The zero-order valence-corrected chi connectivity index (χ0v) is 9.66. The number of hydrogen-bond acceptors (Lipinski definition) is 4. The van der Waals surface area contributed by atoms with E-state index in [4.69, 9.17) is 4.74 Å². The van der Waals surface area contributed by atoms with Crippen LogP contribution in [0.15, 0.2) is 42.5 Å². The molecular weight excluding hydrogens is 234 g/mol. The molecule has 18 heavy (non-hydrogen) atoms. The molecule has 0 radical (unpaired) electrons. The number of rotatable bonds is 3. The highest BCUT2D eigenvalue weighted by atomic mass is 16.6. The number of aryl methyl sites for hydroxylation is 1. The molecule has 0 aliphatic carbocycles. The number of nitrogens with zero attached hydrogens (tertiary/aromatic N) is 1. The van der Waals surface area contributed by atoms with Crippen LogP contribution in [-0.2, 0) is 0 Å². The van der Waals surface area contributed by atoms with Gasteiger partial charge in [0, 0.05) is 12.1 Å². The van der Waals surface area contributed by atoms with E-state index in [0.717, 1.165) is 0 Å². The van der Waals surface area contributed by atoms with Crippen LogP contribution < -0.4 is 4.74 Å². The van der Waals surface area contributed by atoms with Crippen molar-refractivity contribution in [3.63, 3.8) is 0 Å². The Kier molecular flexibility index (Phi) is 3.14. The van der Waals surface area contributed by atoms with Crippen LogP contribution >= 0.6 is 0 Å². The molecule has 0 unspecified atom stereocenters. The summed E-state index contributed by atoms with van der Waals surface area (Å²) in [5.41, 5.74) is 0.721. The Balaban J connectivity index is 2.18. The molecule has 0 aliphatic heterocycles. The molecule has 5 nitrogen and oxygen atoms in total. The molecule has 0 atom stereocenters. The van der Waals surface area contributed by atoms with Crippen molar-refractivity contribution >= 4 is 5.69 Å². The fourth-order valence-electron chi connectivity index (χ4n) is 1.46. The molecule has 92 valence electrons. The Morgan fingerprint density at radius 1 is 1.11 bits per heavy atom. The summed E-state index contributed by atoms with van der Waals surface area (Å²) in [4.78, 5) is 10.0. The van der Waals surface area contributed by atoms with E-state index >= 15 is 0 Å². The molecule has 0 saturated heterocycles. The highest BCUT2D eigenvalue weighted by molar-refractivity contribution is 5.42. The second-order valence-electron chi connectivity index (χ2n) is 3.80. The van der Waals surface area contributed by atoms with Crippen molar-refractivity contribution in [1.29, 1.82) is 0 Å². The second-order valence-corrected chi connectivity index (χ2v) is 3.80. The van der Waals surface area contributed by atoms with E-state index in [2.05, 4.69) is 0 Å². The monoisotopic (exact) mass is 245 g/mol. The largest absolute Gasteiger partial charge is 0.508 e. The highest BCUT2D eigenvalue weighted by Crippen LogP contribution is 2.27. The van der Waals surface area contributed by atoms with Crippen molar-refractivity contribution in [2.24, 2.45) is 0 Å². The van der Waals surface area contributed by atoms with Gasteiger partial charge in [-0.25, -0.2) is 0 Å². The Labute approximate surface area is 103 Å². The van der Waals surface area contributed by atoms with E-state index in [1.807, 2.05) is 0 Å². The molecule has 0 heterocycles. The number of ether oxygens (including phenoxy) is 1. The van der Waals surface area contributed by atoms with Crippen LogP contribution in [0.2, 0.25) is 0 Å². The summed E-state index contributed by atoms with van der Waals surface area (Å²) in [5, 5.41) is 19.9. The number of nitro benzene ring substituents is 1. The first-order valence-corrected chi connectivity index (χ1v) is 5.28. The quantitative estimate of drug-likeness (QED) is 0.664. The van der Waals surface area contributed by atoms with Crippen molar-refractivity contribution in [3.8, 4) is 17.2 Å². The predicted octanol–water partition coefficient (Wildman–Crippen LogP) is 3.40. The van der Waals surface area contributed by atoms with Crippen LogP contribution in [0.3, 0.4) is 0 Å². The zero-order valence-electron chi connectivity index (χ0n) is 9.66. The molecule has 5 heteroatoms. The molecule has 2 rings (SSSR count). The van der Waals surface area contributed by atoms with Gasteiger partial charge in [0.1, 0.15) is 17.2 Å². The average molecular weight is 245 g/mol. The van der Waals surface area contributed by atoms with Gasteiger partial charge in [0.2, 0.25) is 0 Å². The predicted molar refractivity (Wildman–Crippen MR) is 66.0 cm³/mol. The van der Waals surface area contributed by atoms with Gasteiger partial charge in [0.05, 0.1) is 4.92 Å². The third kappa shape index (κ3) is 2.57. The molecule has 0 amide bonds. The molecule has 2 aromatic carbocycles. The van der Waals surface area contributed by atoms with E-state index in [-0.39, 0.29) is 11.4 Å². The lowest BCUT2D eigenvalue weighted by molar-refractivity contribution is -0.384. The molecule has 0 aliphatic rings. The summed E-state index contributed by atoms with van der Waals surface area (Å²) in [7, 11) is 0. The number of aromatic hydroxyl groups is 1. The third-order valence-corrected chi connectivity index (χ3v) is 2.45. The van der Waals surface area contributed by atoms with E-state index in [9.17, 15) is 15.2 Å². The smallest absolute Gasteiger partial charge is 0.269 e. The van der Waals surface area contributed by atoms with Gasteiger partial charge in [0.15, 0.2) is 0 Å². The Morgan fingerprint density at radius 3 is 2.28 bits per heavy atom. The van der Waals surface area contributed by atoms with E-state index in [1.54, 1.807) is 19.1 Å². The molecule has 0 spiro atoms. The second kappa shape index (κ2) is 4.75. The first kappa shape index (κ1) is 11.9. The maximum absolute atomic E-state index is 10.5. The lowest BCUT2D eigenvalue weighted by Crippen LogP contribution is -1.88. The summed E-state index contributed by atoms with van der Waals surface area (Å²) in [6.45, 7) is 1.76. The van der Waals surface area contributed by atoms with Gasteiger partial charge in [0.25, 0.3) is 5.69 Å². The Hall–Kier alpha value is -2.56. The van der Waals surface area contributed by atoms with E-state index in [0.29, 0.717) is 17.1 Å². The van der Waals surface area contributed by atoms with Gasteiger partial charge >= 0.3 is 0 Å². The fourth-order valence-corrected chi connectivity index (χ4v) is 1.46. The van der Waals surface area contributed by atoms with Crippen LogP contribution in [0.25, 0.3) is 0 Å². The van der Waals surface area contributed by atoms with Crippen molar-refractivity contribution in [2.75, 3.05) is 0 Å². The lowest BCUT2D eigenvalue weighted by atomic mass is 10.2. The number of nitro groups is 1. The lowest BCUT2D eigenvalue weighted by Gasteiger charge is -2.06. The van der Waals surface area contributed by atoms with E-state index in [1.165, 1.54) is 30.3 Å². The molecule has 1 N–H and O–H groups in total. The van der Waals surface area contributed by atoms with Crippen molar-refractivity contribution in [3.05, 3.63) is 58.1 Å². The molecule has 2 aromatic rings. The van der Waals surface area contributed by atoms with Crippen LogP contribution in [0.4, 0.5) is 5.69 Å². The van der Waals surface area contributed by atoms with Crippen LogP contribution in [0.1, 0.15) is 5.56 Å². The topological polar surface area (TPSA) is 72.6 Å². The zero-order chi connectivity index (χ0) is 13.1. The fraction of sp³-hybridized carbons (Fsp3) is 0.0769. The average Bonchev–Trinajstić information content (AvgIpc) is 2.34. The molecule has 0 fully saturated rings. The molecule has 0 aromatic heterocycles. The normalized spacial score (nSPS) is 10.1. The summed E-state index contributed by atoms with van der Waals surface area (Å²) < 4.78 is 5.52.